The van der Waals surface area contributed by atoms with E-state index in [1.165, 1.54) is 18.4 Å². The third-order valence-electron chi connectivity index (χ3n) is 6.05. The van der Waals surface area contributed by atoms with Crippen molar-refractivity contribution < 1.29 is 14.9 Å². The van der Waals surface area contributed by atoms with Gasteiger partial charge < -0.3 is 20.3 Å². The molecule has 1 aliphatic carbocycles. The van der Waals surface area contributed by atoms with Crippen LogP contribution in [0.3, 0.4) is 0 Å². The fourth-order valence-corrected chi connectivity index (χ4v) is 4.34. The number of nitrogens with zero attached hydrogens (tertiary/aromatic N) is 5. The summed E-state index contributed by atoms with van der Waals surface area (Å²) >= 11 is 0. The first-order valence-corrected chi connectivity index (χ1v) is 11.4. The number of β-amino-alcohol motifs (C(OH)–C–C–N with tert-alkyl or cyclic N) is 1. The van der Waals surface area contributed by atoms with Crippen molar-refractivity contribution >= 4 is 11.6 Å². The molecular formula is C24H30N6O3. The van der Waals surface area contributed by atoms with Gasteiger partial charge in [-0.25, -0.2) is 9.67 Å². The lowest BCUT2D eigenvalue weighted by atomic mass is 10.1. The van der Waals surface area contributed by atoms with Crippen molar-refractivity contribution in [2.24, 2.45) is 0 Å². The molecule has 9 nitrogen and oxygen atoms in total. The van der Waals surface area contributed by atoms with Gasteiger partial charge in [-0.15, -0.1) is 0 Å². The van der Waals surface area contributed by atoms with Crippen LogP contribution in [0, 0.1) is 13.8 Å². The number of aryl methyl sites for hydroxylation is 2. The van der Waals surface area contributed by atoms with Gasteiger partial charge in [-0.2, -0.15) is 10.1 Å². The molecule has 2 aliphatic rings. The Hall–Kier alpha value is -3.01. The first-order chi connectivity index (χ1) is 16.0. The van der Waals surface area contributed by atoms with E-state index in [2.05, 4.69) is 26.4 Å². The van der Waals surface area contributed by atoms with Gasteiger partial charge in [0.1, 0.15) is 12.4 Å². The van der Waals surface area contributed by atoms with Crippen LogP contribution in [-0.2, 0) is 6.54 Å². The topological polar surface area (TPSA) is 109 Å². The Balaban J connectivity index is 1.35. The van der Waals surface area contributed by atoms with Gasteiger partial charge in [0.05, 0.1) is 18.4 Å². The average molecular weight is 451 g/mol. The van der Waals surface area contributed by atoms with Crippen molar-refractivity contribution in [2.45, 2.75) is 45.3 Å². The van der Waals surface area contributed by atoms with E-state index in [0.717, 1.165) is 47.9 Å². The SMILES string of the molecule is Cc1cc(Nc2nccc(-n3cc(CN4CC(O)C4)c(C4CC4)n3)n2)cc(C)c1OCCO. The van der Waals surface area contributed by atoms with E-state index in [1.54, 1.807) is 6.20 Å². The summed E-state index contributed by atoms with van der Waals surface area (Å²) in [4.78, 5) is 11.3. The number of likely N-dealkylation sites (tertiary alicyclic amines) is 1. The number of benzene rings is 1. The Morgan fingerprint density at radius 1 is 1.18 bits per heavy atom. The van der Waals surface area contributed by atoms with Gasteiger partial charge in [-0.1, -0.05) is 0 Å². The molecule has 1 aliphatic heterocycles. The zero-order chi connectivity index (χ0) is 22.9. The van der Waals surface area contributed by atoms with Crippen LogP contribution in [0.2, 0.25) is 0 Å². The predicted octanol–water partition coefficient (Wildman–Crippen LogP) is 2.45. The van der Waals surface area contributed by atoms with Crippen molar-refractivity contribution in [2.75, 3.05) is 31.6 Å². The summed E-state index contributed by atoms with van der Waals surface area (Å²) in [6.45, 7) is 6.46. The van der Waals surface area contributed by atoms with Crippen LogP contribution in [0.15, 0.2) is 30.6 Å². The van der Waals surface area contributed by atoms with Gasteiger partial charge in [0.2, 0.25) is 5.95 Å². The van der Waals surface area contributed by atoms with Crippen molar-refractivity contribution in [1.29, 1.82) is 0 Å². The Kier molecular flexibility index (Phi) is 6.01. The highest BCUT2D eigenvalue weighted by molar-refractivity contribution is 5.60. The molecule has 2 fully saturated rings. The molecule has 3 heterocycles. The molecule has 5 rings (SSSR count). The predicted molar refractivity (Wildman–Crippen MR) is 124 cm³/mol. The Bertz CT molecular complexity index is 1110. The van der Waals surface area contributed by atoms with Gasteiger partial charge >= 0.3 is 0 Å². The lowest BCUT2D eigenvalue weighted by Crippen LogP contribution is -2.49. The minimum atomic E-state index is -0.206. The summed E-state index contributed by atoms with van der Waals surface area (Å²) in [5.74, 6) is 2.52. The maximum absolute atomic E-state index is 9.61. The van der Waals surface area contributed by atoms with Gasteiger partial charge in [0, 0.05) is 55.3 Å². The van der Waals surface area contributed by atoms with Crippen LogP contribution in [0.25, 0.3) is 5.82 Å². The van der Waals surface area contributed by atoms with Crippen LogP contribution in [0.5, 0.6) is 5.75 Å². The molecule has 0 radical (unpaired) electrons. The Morgan fingerprint density at radius 2 is 1.94 bits per heavy atom. The molecule has 174 valence electrons. The van der Waals surface area contributed by atoms with Crippen molar-refractivity contribution in [3.8, 4) is 11.6 Å². The van der Waals surface area contributed by atoms with Crippen LogP contribution in [0.1, 0.15) is 41.1 Å². The van der Waals surface area contributed by atoms with E-state index in [-0.39, 0.29) is 19.3 Å². The second kappa shape index (κ2) is 9.09. The van der Waals surface area contributed by atoms with Crippen molar-refractivity contribution in [1.82, 2.24) is 24.6 Å². The van der Waals surface area contributed by atoms with Crippen molar-refractivity contribution in [3.05, 3.63) is 53.0 Å². The minimum Gasteiger partial charge on any atom is -0.491 e. The summed E-state index contributed by atoms with van der Waals surface area (Å²) in [6, 6.07) is 5.82. The van der Waals surface area contributed by atoms with E-state index in [4.69, 9.17) is 14.9 Å². The summed E-state index contributed by atoms with van der Waals surface area (Å²) in [7, 11) is 0. The first kappa shape index (κ1) is 21.8. The highest BCUT2D eigenvalue weighted by atomic mass is 16.5. The van der Waals surface area contributed by atoms with Crippen molar-refractivity contribution in [3.63, 3.8) is 0 Å². The number of aliphatic hydroxyl groups is 2. The molecular weight excluding hydrogens is 420 g/mol. The van der Waals surface area contributed by atoms with Gasteiger partial charge in [-0.3, -0.25) is 4.90 Å². The van der Waals surface area contributed by atoms with Crippen LogP contribution >= 0.6 is 0 Å². The fourth-order valence-electron chi connectivity index (χ4n) is 4.34. The third kappa shape index (κ3) is 4.85. The van der Waals surface area contributed by atoms with E-state index in [9.17, 15) is 5.11 Å². The van der Waals surface area contributed by atoms with Crippen LogP contribution < -0.4 is 10.1 Å². The van der Waals surface area contributed by atoms with E-state index in [1.807, 2.05) is 36.7 Å². The summed E-state index contributed by atoms with van der Waals surface area (Å²) in [6.07, 6.45) is 5.95. The second-order valence-corrected chi connectivity index (χ2v) is 8.98. The zero-order valence-electron chi connectivity index (χ0n) is 19.0. The van der Waals surface area contributed by atoms with E-state index >= 15 is 0 Å². The first-order valence-electron chi connectivity index (χ1n) is 11.4. The molecule has 2 aromatic heterocycles. The molecule has 0 spiro atoms. The normalized spacial score (nSPS) is 16.6. The molecule has 1 saturated carbocycles. The van der Waals surface area contributed by atoms with Gasteiger partial charge in [0.25, 0.3) is 0 Å². The summed E-state index contributed by atoms with van der Waals surface area (Å²) < 4.78 is 7.49. The quantitative estimate of drug-likeness (QED) is 0.456. The van der Waals surface area contributed by atoms with Gasteiger partial charge in [-0.05, 0) is 49.9 Å². The Labute approximate surface area is 193 Å². The third-order valence-corrected chi connectivity index (χ3v) is 6.05. The molecule has 0 unspecified atom stereocenters. The number of hydrogen-bond donors (Lipinski definition) is 3. The number of ether oxygens (including phenoxy) is 1. The number of rotatable bonds is 9. The second-order valence-electron chi connectivity index (χ2n) is 8.98. The monoisotopic (exact) mass is 450 g/mol. The standard InChI is InChI=1S/C24H30N6O3/c1-15-9-19(10-16(2)23(15)33-8-7-31)26-24-25-6-5-21(27-24)30-12-18(11-29-13-20(32)14-29)22(28-30)17-3-4-17/h5-6,9-10,12,17,20,31-32H,3-4,7-8,11,13-14H2,1-2H3,(H,25,26,27). The molecule has 3 N–H and O–H groups in total. The molecule has 33 heavy (non-hydrogen) atoms. The zero-order valence-corrected chi connectivity index (χ0v) is 19.0. The minimum absolute atomic E-state index is 0.0168. The molecule has 1 aromatic carbocycles. The number of hydrogen-bond acceptors (Lipinski definition) is 8. The molecule has 0 amide bonds. The number of aromatic nitrogens is 4. The Morgan fingerprint density at radius 3 is 2.61 bits per heavy atom. The highest BCUT2D eigenvalue weighted by Crippen LogP contribution is 2.41. The largest absolute Gasteiger partial charge is 0.491 e. The fraction of sp³-hybridized carbons (Fsp3) is 0.458. The summed E-state index contributed by atoms with van der Waals surface area (Å²) in [5.41, 5.74) is 5.18. The van der Waals surface area contributed by atoms with E-state index in [0.29, 0.717) is 17.7 Å². The number of aliphatic hydroxyl groups excluding tert-OH is 2. The molecule has 0 bridgehead atoms. The van der Waals surface area contributed by atoms with Crippen LogP contribution in [0.4, 0.5) is 11.6 Å². The number of nitrogens with one attached hydrogen (secondary N) is 1. The highest BCUT2D eigenvalue weighted by Gasteiger charge is 2.32. The molecule has 1 saturated heterocycles. The maximum atomic E-state index is 9.61. The smallest absolute Gasteiger partial charge is 0.229 e. The lowest BCUT2D eigenvalue weighted by Gasteiger charge is -2.35. The average Bonchev–Trinajstić information content (AvgIpc) is 3.52. The lowest BCUT2D eigenvalue weighted by molar-refractivity contribution is -0.00301. The van der Waals surface area contributed by atoms with E-state index < -0.39 is 0 Å². The molecule has 9 heteroatoms. The van der Waals surface area contributed by atoms with Gasteiger partial charge in [0.15, 0.2) is 5.82 Å². The maximum Gasteiger partial charge on any atom is 0.229 e. The summed E-state index contributed by atoms with van der Waals surface area (Å²) in [5, 5.41) is 26.8. The molecule has 3 aromatic rings. The number of anilines is 2. The molecule has 0 atom stereocenters. The van der Waals surface area contributed by atoms with Crippen LogP contribution in [-0.4, -0.2) is 67.3 Å².